The molecule has 0 aliphatic heterocycles. The van der Waals surface area contributed by atoms with Crippen LogP contribution < -0.4 is 15.5 Å². The highest BCUT2D eigenvalue weighted by Gasteiger charge is 2.26. The molecule has 1 fully saturated rings. The third-order valence-corrected chi connectivity index (χ3v) is 7.69. The number of benzene rings is 2. The van der Waals surface area contributed by atoms with Crippen LogP contribution in [0.15, 0.2) is 60.7 Å². The summed E-state index contributed by atoms with van der Waals surface area (Å²) in [6.45, 7) is 7.62. The molecule has 210 valence electrons. The third-order valence-electron chi connectivity index (χ3n) is 7.69. The van der Waals surface area contributed by atoms with E-state index in [9.17, 15) is 4.79 Å². The summed E-state index contributed by atoms with van der Waals surface area (Å²) in [7, 11) is 4.02. The molecule has 2 aromatic carbocycles. The van der Waals surface area contributed by atoms with Gasteiger partial charge in [-0.3, -0.25) is 9.48 Å². The first-order valence-corrected chi connectivity index (χ1v) is 14.3. The van der Waals surface area contributed by atoms with Gasteiger partial charge in [0, 0.05) is 37.5 Å². The fourth-order valence-electron chi connectivity index (χ4n) is 5.33. The van der Waals surface area contributed by atoms with Crippen molar-refractivity contribution in [2.24, 2.45) is 5.92 Å². The first-order chi connectivity index (χ1) is 19.2. The van der Waals surface area contributed by atoms with Gasteiger partial charge in [-0.05, 0) is 55.4 Å². The van der Waals surface area contributed by atoms with Crippen molar-refractivity contribution in [3.05, 3.63) is 77.6 Å². The van der Waals surface area contributed by atoms with E-state index < -0.39 is 0 Å². The van der Waals surface area contributed by atoms with Crippen molar-refractivity contribution >= 4 is 28.6 Å². The average Bonchev–Trinajstić information content (AvgIpc) is 3.37. The number of aromatic nitrogens is 4. The number of nitrogens with zero attached hydrogens (tertiary/aromatic N) is 5. The van der Waals surface area contributed by atoms with Crippen LogP contribution in [0.2, 0.25) is 0 Å². The predicted octanol–water partition coefficient (Wildman–Crippen LogP) is 5.64. The van der Waals surface area contributed by atoms with Crippen molar-refractivity contribution in [1.29, 1.82) is 0 Å². The summed E-state index contributed by atoms with van der Waals surface area (Å²) in [6.07, 6.45) is 4.13. The van der Waals surface area contributed by atoms with Gasteiger partial charge < -0.3 is 15.5 Å². The Hall–Kier alpha value is -3.94. The summed E-state index contributed by atoms with van der Waals surface area (Å²) >= 11 is 0. The van der Waals surface area contributed by atoms with E-state index in [1.807, 2.05) is 66.1 Å². The minimum Gasteiger partial charge on any atom is -0.362 e. The monoisotopic (exact) mass is 539 g/mol. The lowest BCUT2D eigenvalue weighted by atomic mass is 9.86. The number of fused-ring (bicyclic) bond motifs is 1. The van der Waals surface area contributed by atoms with Crippen LogP contribution in [0.25, 0.3) is 10.9 Å². The summed E-state index contributed by atoms with van der Waals surface area (Å²) in [6, 6.07) is 20.6. The number of rotatable bonds is 8. The number of para-hydroxylation sites is 1. The zero-order chi connectivity index (χ0) is 28.3. The van der Waals surface area contributed by atoms with Crippen molar-refractivity contribution in [3.63, 3.8) is 0 Å². The number of hydrogen-bond donors (Lipinski definition) is 2. The van der Waals surface area contributed by atoms with Crippen molar-refractivity contribution in [1.82, 2.24) is 25.1 Å². The average molecular weight is 540 g/mol. The maximum Gasteiger partial charge on any atom is 0.269 e. The fraction of sp³-hybridized carbons (Fsp3) is 0.438. The highest BCUT2D eigenvalue weighted by molar-refractivity contribution is 5.93. The molecule has 0 unspecified atom stereocenters. The highest BCUT2D eigenvalue weighted by atomic mass is 16.2. The van der Waals surface area contributed by atoms with Gasteiger partial charge in [-0.2, -0.15) is 10.1 Å². The Balaban J connectivity index is 1.18. The van der Waals surface area contributed by atoms with E-state index >= 15 is 0 Å². The van der Waals surface area contributed by atoms with Crippen molar-refractivity contribution in [2.75, 3.05) is 30.9 Å². The molecular formula is C32H41N7O. The maximum atomic E-state index is 13.3. The highest BCUT2D eigenvalue weighted by Crippen LogP contribution is 2.28. The largest absolute Gasteiger partial charge is 0.362 e. The Morgan fingerprint density at radius 3 is 2.38 bits per heavy atom. The van der Waals surface area contributed by atoms with Gasteiger partial charge in [0.2, 0.25) is 5.95 Å². The summed E-state index contributed by atoms with van der Waals surface area (Å²) in [5.74, 6) is 2.00. The molecule has 0 atom stereocenters. The molecule has 5 rings (SSSR count). The number of carbonyl (C=O) groups is 1. The topological polar surface area (TPSA) is 88.0 Å². The number of carbonyl (C=O) groups excluding carboxylic acids is 1. The molecule has 0 bridgehead atoms. The fourth-order valence-corrected chi connectivity index (χ4v) is 5.33. The van der Waals surface area contributed by atoms with Crippen molar-refractivity contribution in [3.8, 4) is 0 Å². The lowest BCUT2D eigenvalue weighted by Crippen LogP contribution is -2.35. The van der Waals surface area contributed by atoms with Crippen LogP contribution in [0.5, 0.6) is 0 Å². The van der Waals surface area contributed by atoms with Crippen LogP contribution in [-0.4, -0.2) is 52.3 Å². The zero-order valence-corrected chi connectivity index (χ0v) is 24.3. The van der Waals surface area contributed by atoms with E-state index in [2.05, 4.69) is 49.6 Å². The first-order valence-electron chi connectivity index (χ1n) is 14.3. The number of anilines is 2. The van der Waals surface area contributed by atoms with Gasteiger partial charge in [0.15, 0.2) is 0 Å². The van der Waals surface area contributed by atoms with Gasteiger partial charge in [-0.15, -0.1) is 0 Å². The number of hydrogen-bond acceptors (Lipinski definition) is 6. The lowest BCUT2D eigenvalue weighted by molar-refractivity contribution is 0.0933. The molecule has 1 aliphatic rings. The van der Waals surface area contributed by atoms with Crippen LogP contribution in [0.3, 0.4) is 0 Å². The quantitative estimate of drug-likeness (QED) is 0.301. The Kier molecular flexibility index (Phi) is 8.05. The van der Waals surface area contributed by atoms with Crippen LogP contribution in [0.4, 0.5) is 11.8 Å². The standard InChI is InChI=1S/C32H41N7O/c1-32(2,3)28-19-27(39(37-28)21-23-11-7-6-8-12-23)30(40)33-20-22-15-17-24(18-16-22)34-31-35-26-14-10-9-13-25(26)29(36-31)38(4)5/h6-14,19,22,24H,15-18,20-21H2,1-5H3,(H,33,40)(H,34,35,36)/t22-,24+. The van der Waals surface area contributed by atoms with Crippen LogP contribution in [-0.2, 0) is 12.0 Å². The van der Waals surface area contributed by atoms with Gasteiger partial charge in [0.05, 0.1) is 17.8 Å². The van der Waals surface area contributed by atoms with E-state index in [0.29, 0.717) is 36.7 Å². The van der Waals surface area contributed by atoms with E-state index in [0.717, 1.165) is 53.7 Å². The minimum atomic E-state index is -0.135. The SMILES string of the molecule is CN(C)c1nc(N[C@H]2CC[C@@H](CNC(=O)c3cc(C(C)(C)C)nn3Cc3ccccc3)CC2)nc2ccccc12. The summed E-state index contributed by atoms with van der Waals surface area (Å²) < 4.78 is 1.84. The summed E-state index contributed by atoms with van der Waals surface area (Å²) in [5.41, 5.74) is 3.48. The Morgan fingerprint density at radius 2 is 1.68 bits per heavy atom. The normalized spacial score (nSPS) is 17.5. The molecule has 2 aromatic heterocycles. The van der Waals surface area contributed by atoms with Crippen LogP contribution >= 0.6 is 0 Å². The summed E-state index contributed by atoms with van der Waals surface area (Å²) in [4.78, 5) is 24.9. The van der Waals surface area contributed by atoms with Gasteiger partial charge >= 0.3 is 0 Å². The van der Waals surface area contributed by atoms with Gasteiger partial charge in [-0.1, -0.05) is 63.2 Å². The molecule has 0 radical (unpaired) electrons. The van der Waals surface area contributed by atoms with E-state index in [4.69, 9.17) is 15.1 Å². The molecule has 0 spiro atoms. The number of nitrogens with one attached hydrogen (secondary N) is 2. The zero-order valence-electron chi connectivity index (χ0n) is 24.3. The molecule has 0 saturated heterocycles. The molecule has 8 heteroatoms. The molecule has 40 heavy (non-hydrogen) atoms. The second-order valence-electron chi connectivity index (χ2n) is 12.2. The van der Waals surface area contributed by atoms with Gasteiger partial charge in [0.25, 0.3) is 5.91 Å². The first kappa shape index (κ1) is 27.6. The third kappa shape index (κ3) is 6.43. The maximum absolute atomic E-state index is 13.3. The molecular weight excluding hydrogens is 498 g/mol. The van der Waals surface area contributed by atoms with Crippen molar-refractivity contribution in [2.45, 2.75) is 64.5 Å². The van der Waals surface area contributed by atoms with E-state index in [1.165, 1.54) is 0 Å². The van der Waals surface area contributed by atoms with E-state index in [-0.39, 0.29) is 11.3 Å². The molecule has 1 amide bonds. The number of amides is 1. The molecule has 1 aliphatic carbocycles. The molecule has 8 nitrogen and oxygen atoms in total. The Labute approximate surface area is 237 Å². The molecule has 2 heterocycles. The van der Waals surface area contributed by atoms with Crippen molar-refractivity contribution < 1.29 is 4.79 Å². The molecule has 4 aromatic rings. The Morgan fingerprint density at radius 1 is 0.975 bits per heavy atom. The second-order valence-corrected chi connectivity index (χ2v) is 12.2. The van der Waals surface area contributed by atoms with Crippen LogP contribution in [0.1, 0.15) is 68.2 Å². The minimum absolute atomic E-state index is 0.0556. The lowest BCUT2D eigenvalue weighted by Gasteiger charge is -2.29. The van der Waals surface area contributed by atoms with Crippen LogP contribution in [0, 0.1) is 5.92 Å². The predicted molar refractivity (Wildman–Crippen MR) is 162 cm³/mol. The van der Waals surface area contributed by atoms with Gasteiger partial charge in [-0.25, -0.2) is 4.98 Å². The second kappa shape index (κ2) is 11.7. The van der Waals surface area contributed by atoms with Gasteiger partial charge in [0.1, 0.15) is 11.5 Å². The smallest absolute Gasteiger partial charge is 0.269 e. The Bertz CT molecular complexity index is 1450. The molecule has 1 saturated carbocycles. The molecule has 2 N–H and O–H groups in total. The summed E-state index contributed by atoms with van der Waals surface area (Å²) in [5, 5.41) is 12.7. The van der Waals surface area contributed by atoms with E-state index in [1.54, 1.807) is 0 Å².